The first-order chi connectivity index (χ1) is 8.49. The molecule has 1 saturated heterocycles. The SMILES string of the molecule is CC1CN(C(=O)c2cc(Cl)ccc2I)CCN1C. The van der Waals surface area contributed by atoms with Gasteiger partial charge in [0.15, 0.2) is 0 Å². The molecule has 1 aliphatic rings. The van der Waals surface area contributed by atoms with Crippen molar-refractivity contribution in [1.82, 2.24) is 9.80 Å². The molecule has 1 aromatic rings. The Morgan fingerprint density at radius 1 is 1.44 bits per heavy atom. The summed E-state index contributed by atoms with van der Waals surface area (Å²) in [6.07, 6.45) is 0. The van der Waals surface area contributed by atoms with E-state index < -0.39 is 0 Å². The molecule has 0 bridgehead atoms. The molecule has 2 rings (SSSR count). The first kappa shape index (κ1) is 14.1. The molecule has 0 N–H and O–H groups in total. The Labute approximate surface area is 126 Å². The number of likely N-dealkylation sites (N-methyl/N-ethyl adjacent to an activating group) is 1. The summed E-state index contributed by atoms with van der Waals surface area (Å²) in [5.74, 6) is 0.0850. The van der Waals surface area contributed by atoms with Gasteiger partial charge in [-0.25, -0.2) is 0 Å². The van der Waals surface area contributed by atoms with Gasteiger partial charge >= 0.3 is 0 Å². The Morgan fingerprint density at radius 3 is 2.83 bits per heavy atom. The fourth-order valence-corrected chi connectivity index (χ4v) is 2.80. The Morgan fingerprint density at radius 2 is 2.17 bits per heavy atom. The summed E-state index contributed by atoms with van der Waals surface area (Å²) >= 11 is 8.15. The van der Waals surface area contributed by atoms with E-state index in [-0.39, 0.29) is 5.91 Å². The molecule has 1 unspecified atom stereocenters. The zero-order valence-corrected chi connectivity index (χ0v) is 13.4. The van der Waals surface area contributed by atoms with Gasteiger partial charge in [-0.1, -0.05) is 11.6 Å². The summed E-state index contributed by atoms with van der Waals surface area (Å²) in [7, 11) is 2.09. The van der Waals surface area contributed by atoms with Crippen LogP contribution in [0.3, 0.4) is 0 Å². The van der Waals surface area contributed by atoms with Crippen LogP contribution in [-0.4, -0.2) is 48.4 Å². The van der Waals surface area contributed by atoms with Gasteiger partial charge in [-0.15, -0.1) is 0 Å². The van der Waals surface area contributed by atoms with Crippen molar-refractivity contribution in [2.45, 2.75) is 13.0 Å². The Bertz CT molecular complexity index is 466. The van der Waals surface area contributed by atoms with Crippen molar-refractivity contribution in [2.24, 2.45) is 0 Å². The number of nitrogens with zero attached hydrogens (tertiary/aromatic N) is 2. The molecule has 0 aromatic heterocycles. The highest BCUT2D eigenvalue weighted by molar-refractivity contribution is 14.1. The maximum atomic E-state index is 12.5. The van der Waals surface area contributed by atoms with Crippen LogP contribution in [-0.2, 0) is 0 Å². The van der Waals surface area contributed by atoms with Crippen LogP contribution in [0.25, 0.3) is 0 Å². The quantitative estimate of drug-likeness (QED) is 0.702. The van der Waals surface area contributed by atoms with Gasteiger partial charge in [0.2, 0.25) is 0 Å². The van der Waals surface area contributed by atoms with Gasteiger partial charge in [-0.05, 0) is 54.8 Å². The first-order valence-corrected chi connectivity index (χ1v) is 7.39. The molecule has 1 aliphatic heterocycles. The fourth-order valence-electron chi connectivity index (χ4n) is 2.06. The smallest absolute Gasteiger partial charge is 0.255 e. The number of piperazine rings is 1. The van der Waals surface area contributed by atoms with E-state index in [0.29, 0.717) is 16.6 Å². The number of halogens is 2. The summed E-state index contributed by atoms with van der Waals surface area (Å²) in [6.45, 7) is 4.62. The van der Waals surface area contributed by atoms with Crippen molar-refractivity contribution in [3.05, 3.63) is 32.4 Å². The van der Waals surface area contributed by atoms with Crippen LogP contribution in [0.15, 0.2) is 18.2 Å². The van der Waals surface area contributed by atoms with Gasteiger partial charge < -0.3 is 9.80 Å². The Balaban J connectivity index is 2.19. The Hall–Kier alpha value is -0.330. The number of carbonyl (C=O) groups is 1. The number of carbonyl (C=O) groups excluding carboxylic acids is 1. The van der Waals surface area contributed by atoms with Gasteiger partial charge in [0.05, 0.1) is 5.56 Å². The van der Waals surface area contributed by atoms with Crippen LogP contribution in [0.4, 0.5) is 0 Å². The average molecular weight is 379 g/mol. The summed E-state index contributed by atoms with van der Waals surface area (Å²) in [5, 5.41) is 0.612. The van der Waals surface area contributed by atoms with E-state index in [0.717, 1.165) is 23.2 Å². The molecule has 1 heterocycles. The maximum absolute atomic E-state index is 12.5. The molecule has 0 aliphatic carbocycles. The second-order valence-electron chi connectivity index (χ2n) is 4.70. The van der Waals surface area contributed by atoms with Crippen LogP contribution in [0, 0.1) is 3.57 Å². The van der Waals surface area contributed by atoms with Gasteiger partial charge in [0.1, 0.15) is 0 Å². The third-order valence-corrected chi connectivity index (χ3v) is 4.58. The molecule has 0 radical (unpaired) electrons. The zero-order chi connectivity index (χ0) is 13.3. The Kier molecular flexibility index (Phi) is 4.50. The van der Waals surface area contributed by atoms with Crippen molar-refractivity contribution in [1.29, 1.82) is 0 Å². The van der Waals surface area contributed by atoms with Gasteiger partial charge in [-0.2, -0.15) is 0 Å². The summed E-state index contributed by atoms with van der Waals surface area (Å²) in [6, 6.07) is 5.86. The minimum absolute atomic E-state index is 0.0850. The first-order valence-electron chi connectivity index (χ1n) is 5.93. The van der Waals surface area contributed by atoms with E-state index in [9.17, 15) is 4.79 Å². The van der Waals surface area contributed by atoms with E-state index in [4.69, 9.17) is 11.6 Å². The van der Waals surface area contributed by atoms with Crippen molar-refractivity contribution in [3.63, 3.8) is 0 Å². The van der Waals surface area contributed by atoms with Crippen LogP contribution >= 0.6 is 34.2 Å². The number of rotatable bonds is 1. The summed E-state index contributed by atoms with van der Waals surface area (Å²) < 4.78 is 0.952. The molecular formula is C13H16ClIN2O. The van der Waals surface area contributed by atoms with Crippen LogP contribution in [0.1, 0.15) is 17.3 Å². The minimum atomic E-state index is 0.0850. The highest BCUT2D eigenvalue weighted by atomic mass is 127. The molecule has 18 heavy (non-hydrogen) atoms. The predicted molar refractivity (Wildman–Crippen MR) is 82.2 cm³/mol. The van der Waals surface area contributed by atoms with Crippen LogP contribution < -0.4 is 0 Å². The van der Waals surface area contributed by atoms with E-state index in [1.807, 2.05) is 17.0 Å². The molecule has 3 nitrogen and oxygen atoms in total. The lowest BCUT2D eigenvalue weighted by Crippen LogP contribution is -2.52. The largest absolute Gasteiger partial charge is 0.336 e. The van der Waals surface area contributed by atoms with Crippen molar-refractivity contribution < 1.29 is 4.79 Å². The molecule has 0 spiro atoms. The van der Waals surface area contributed by atoms with Gasteiger partial charge in [0, 0.05) is 34.3 Å². The van der Waals surface area contributed by atoms with Crippen molar-refractivity contribution >= 4 is 40.1 Å². The van der Waals surface area contributed by atoms with E-state index >= 15 is 0 Å². The highest BCUT2D eigenvalue weighted by Gasteiger charge is 2.26. The second kappa shape index (κ2) is 5.75. The molecular weight excluding hydrogens is 363 g/mol. The predicted octanol–water partition coefficient (Wildman–Crippen LogP) is 2.72. The topological polar surface area (TPSA) is 23.6 Å². The normalized spacial score (nSPS) is 21.1. The standard InChI is InChI=1S/C13H16ClIN2O/c1-9-8-17(6-5-16(9)2)13(18)11-7-10(14)3-4-12(11)15/h3-4,7,9H,5-6,8H2,1-2H3. The van der Waals surface area contributed by atoms with E-state index in [1.54, 1.807) is 6.07 Å². The third-order valence-electron chi connectivity index (χ3n) is 3.41. The van der Waals surface area contributed by atoms with Crippen LogP contribution in [0.2, 0.25) is 5.02 Å². The molecule has 0 saturated carbocycles. The van der Waals surface area contributed by atoms with Crippen LogP contribution in [0.5, 0.6) is 0 Å². The lowest BCUT2D eigenvalue weighted by Gasteiger charge is -2.37. The summed E-state index contributed by atoms with van der Waals surface area (Å²) in [4.78, 5) is 16.7. The maximum Gasteiger partial charge on any atom is 0.255 e. The van der Waals surface area contributed by atoms with Crippen molar-refractivity contribution in [3.8, 4) is 0 Å². The van der Waals surface area contributed by atoms with Gasteiger partial charge in [0.25, 0.3) is 5.91 Å². The minimum Gasteiger partial charge on any atom is -0.336 e. The lowest BCUT2D eigenvalue weighted by atomic mass is 10.1. The fraction of sp³-hybridized carbons (Fsp3) is 0.462. The molecule has 1 aromatic carbocycles. The lowest BCUT2D eigenvalue weighted by molar-refractivity contribution is 0.0571. The summed E-state index contributed by atoms with van der Waals surface area (Å²) in [5.41, 5.74) is 0.708. The zero-order valence-electron chi connectivity index (χ0n) is 10.5. The average Bonchev–Trinajstić information content (AvgIpc) is 2.35. The van der Waals surface area contributed by atoms with E-state index in [1.165, 1.54) is 0 Å². The third kappa shape index (κ3) is 2.97. The molecule has 1 fully saturated rings. The van der Waals surface area contributed by atoms with Gasteiger partial charge in [-0.3, -0.25) is 4.79 Å². The van der Waals surface area contributed by atoms with Crippen molar-refractivity contribution in [2.75, 3.05) is 26.7 Å². The molecule has 1 atom stereocenters. The number of hydrogen-bond acceptors (Lipinski definition) is 2. The second-order valence-corrected chi connectivity index (χ2v) is 6.30. The molecule has 98 valence electrons. The number of benzene rings is 1. The number of hydrogen-bond donors (Lipinski definition) is 0. The molecule has 1 amide bonds. The number of amides is 1. The van der Waals surface area contributed by atoms with E-state index in [2.05, 4.69) is 41.5 Å². The monoisotopic (exact) mass is 378 g/mol. The molecule has 5 heteroatoms. The highest BCUT2D eigenvalue weighted by Crippen LogP contribution is 2.20.